The number of halogens is 2. The lowest BCUT2D eigenvalue weighted by atomic mass is 10.1. The predicted molar refractivity (Wildman–Crippen MR) is 79.5 cm³/mol. The molecule has 1 fully saturated rings. The number of hydrogen-bond donors (Lipinski definition) is 0. The maximum atomic E-state index is 13.8. The number of hydrogen-bond acceptors (Lipinski definition) is 2. The number of imidazole rings is 1. The van der Waals surface area contributed by atoms with E-state index >= 15 is 0 Å². The fraction of sp³-hybridized carbons (Fsp3) is 0.533. The lowest BCUT2D eigenvalue weighted by Crippen LogP contribution is -2.32. The third-order valence-corrected chi connectivity index (χ3v) is 4.26. The molecule has 2 aromatic rings. The second kappa shape index (κ2) is 6.10. The van der Waals surface area contributed by atoms with E-state index in [1.807, 2.05) is 6.07 Å². The molecule has 3 nitrogen and oxygen atoms in total. The number of likely N-dealkylation sites (tertiary alicyclic amines) is 1. The second-order valence-corrected chi connectivity index (χ2v) is 5.59. The molecule has 0 atom stereocenters. The zero-order valence-corrected chi connectivity index (χ0v) is 12.2. The van der Waals surface area contributed by atoms with Gasteiger partial charge in [-0.1, -0.05) is 12.5 Å². The molecule has 0 amide bonds. The first-order chi connectivity index (χ1) is 9.79. The van der Waals surface area contributed by atoms with Gasteiger partial charge in [0.05, 0.1) is 11.4 Å². The summed E-state index contributed by atoms with van der Waals surface area (Å²) in [5.41, 5.74) is 1.28. The molecule has 0 N–H and O–H groups in total. The van der Waals surface area contributed by atoms with Crippen LogP contribution in [0.5, 0.6) is 0 Å². The summed E-state index contributed by atoms with van der Waals surface area (Å²) in [6, 6.07) is 5.09. The van der Waals surface area contributed by atoms with E-state index in [9.17, 15) is 4.39 Å². The van der Waals surface area contributed by atoms with Crippen molar-refractivity contribution in [2.45, 2.75) is 31.7 Å². The quantitative estimate of drug-likeness (QED) is 0.806. The Hall–Kier alpha value is -1.13. The summed E-state index contributed by atoms with van der Waals surface area (Å²) in [6.07, 6.45) is 3.89. The standard InChI is InChI=1S/C15H19ClFN3/c16-11-14-18-15-12(17)5-4-6-13(15)20(14)10-9-19-7-2-1-3-8-19/h4-6H,1-3,7-11H2. The SMILES string of the molecule is Fc1cccc2c1nc(CCl)n2CCN1CCCCC1. The van der Waals surface area contributed by atoms with Gasteiger partial charge in [-0.2, -0.15) is 0 Å². The van der Waals surface area contributed by atoms with Gasteiger partial charge in [-0.25, -0.2) is 9.37 Å². The molecule has 0 bridgehead atoms. The minimum Gasteiger partial charge on any atom is -0.326 e. The van der Waals surface area contributed by atoms with Crippen molar-refractivity contribution in [1.82, 2.24) is 14.5 Å². The minimum atomic E-state index is -0.273. The second-order valence-electron chi connectivity index (χ2n) is 5.32. The van der Waals surface area contributed by atoms with Gasteiger partial charge in [0.2, 0.25) is 0 Å². The Morgan fingerprint density at radius 3 is 2.70 bits per heavy atom. The highest BCUT2D eigenvalue weighted by molar-refractivity contribution is 6.16. The number of benzene rings is 1. The zero-order valence-electron chi connectivity index (χ0n) is 11.5. The Kier molecular flexibility index (Phi) is 4.22. The summed E-state index contributed by atoms with van der Waals surface area (Å²) in [4.78, 5) is 6.80. The van der Waals surface area contributed by atoms with E-state index < -0.39 is 0 Å². The smallest absolute Gasteiger partial charge is 0.151 e. The first-order valence-corrected chi connectivity index (χ1v) is 7.75. The largest absolute Gasteiger partial charge is 0.326 e. The predicted octanol–water partition coefficient (Wildman–Crippen LogP) is 3.40. The van der Waals surface area contributed by atoms with Crippen molar-refractivity contribution in [1.29, 1.82) is 0 Å². The number of nitrogens with zero attached hydrogens (tertiary/aromatic N) is 3. The Balaban J connectivity index is 1.84. The van der Waals surface area contributed by atoms with E-state index in [1.165, 1.54) is 25.3 Å². The first kappa shape index (κ1) is 13.8. The van der Waals surface area contributed by atoms with E-state index in [0.717, 1.165) is 37.5 Å². The lowest BCUT2D eigenvalue weighted by molar-refractivity contribution is 0.221. The summed E-state index contributed by atoms with van der Waals surface area (Å²) in [5, 5.41) is 0. The molecule has 0 radical (unpaired) electrons. The molecule has 5 heteroatoms. The maximum absolute atomic E-state index is 13.8. The third-order valence-electron chi connectivity index (χ3n) is 4.02. The highest BCUT2D eigenvalue weighted by Gasteiger charge is 2.15. The van der Waals surface area contributed by atoms with Crippen LogP contribution in [0, 0.1) is 5.82 Å². The molecule has 1 aliphatic heterocycles. The fourth-order valence-electron chi connectivity index (χ4n) is 2.94. The molecule has 1 aromatic heterocycles. The molecule has 1 saturated heterocycles. The maximum Gasteiger partial charge on any atom is 0.151 e. The van der Waals surface area contributed by atoms with E-state index in [0.29, 0.717) is 11.4 Å². The molecule has 1 aromatic carbocycles. The average Bonchev–Trinajstić information content (AvgIpc) is 2.85. The lowest BCUT2D eigenvalue weighted by Gasteiger charge is -2.26. The van der Waals surface area contributed by atoms with Crippen molar-refractivity contribution in [2.24, 2.45) is 0 Å². The summed E-state index contributed by atoms with van der Waals surface area (Å²) in [7, 11) is 0. The third kappa shape index (κ3) is 2.67. The van der Waals surface area contributed by atoms with Gasteiger partial charge in [0.25, 0.3) is 0 Å². The molecule has 1 aliphatic rings. The van der Waals surface area contributed by atoms with Gasteiger partial charge in [0.1, 0.15) is 11.3 Å². The number of aromatic nitrogens is 2. The van der Waals surface area contributed by atoms with Crippen molar-refractivity contribution in [3.8, 4) is 0 Å². The molecular weight excluding hydrogens is 277 g/mol. The van der Waals surface area contributed by atoms with Crippen molar-refractivity contribution in [2.75, 3.05) is 19.6 Å². The van der Waals surface area contributed by atoms with Crippen LogP contribution in [0.15, 0.2) is 18.2 Å². The van der Waals surface area contributed by atoms with Gasteiger partial charge in [-0.15, -0.1) is 11.6 Å². The van der Waals surface area contributed by atoms with Gasteiger partial charge >= 0.3 is 0 Å². The molecule has 3 rings (SSSR count). The summed E-state index contributed by atoms with van der Waals surface area (Å²) in [6.45, 7) is 4.13. The van der Waals surface area contributed by atoms with Gasteiger partial charge in [-0.05, 0) is 38.1 Å². The minimum absolute atomic E-state index is 0.273. The summed E-state index contributed by atoms with van der Waals surface area (Å²) < 4.78 is 15.8. The normalized spacial score (nSPS) is 16.9. The molecule has 108 valence electrons. The van der Waals surface area contributed by atoms with E-state index in [1.54, 1.807) is 6.07 Å². The Labute approximate surface area is 123 Å². The molecule has 20 heavy (non-hydrogen) atoms. The molecular formula is C15H19ClFN3. The van der Waals surface area contributed by atoms with E-state index in [2.05, 4.69) is 14.5 Å². The van der Waals surface area contributed by atoms with Crippen LogP contribution in [-0.2, 0) is 12.4 Å². The van der Waals surface area contributed by atoms with Crippen LogP contribution in [0.25, 0.3) is 11.0 Å². The Bertz CT molecular complexity index is 590. The number of rotatable bonds is 4. The van der Waals surface area contributed by atoms with Crippen LogP contribution in [-0.4, -0.2) is 34.1 Å². The molecule has 0 saturated carbocycles. The summed E-state index contributed by atoms with van der Waals surface area (Å²) >= 11 is 5.96. The monoisotopic (exact) mass is 295 g/mol. The first-order valence-electron chi connectivity index (χ1n) is 7.21. The van der Waals surface area contributed by atoms with Crippen molar-refractivity contribution < 1.29 is 4.39 Å². The Morgan fingerprint density at radius 2 is 1.95 bits per heavy atom. The van der Waals surface area contributed by atoms with Gasteiger partial charge in [0.15, 0.2) is 5.82 Å². The number of fused-ring (bicyclic) bond motifs is 1. The average molecular weight is 296 g/mol. The number of alkyl halides is 1. The van der Waals surface area contributed by atoms with Gasteiger partial charge in [0, 0.05) is 13.1 Å². The molecule has 0 aliphatic carbocycles. The van der Waals surface area contributed by atoms with Crippen LogP contribution in [0.1, 0.15) is 25.1 Å². The topological polar surface area (TPSA) is 21.1 Å². The zero-order chi connectivity index (χ0) is 13.9. The Morgan fingerprint density at radius 1 is 1.15 bits per heavy atom. The highest BCUT2D eigenvalue weighted by Crippen LogP contribution is 2.20. The van der Waals surface area contributed by atoms with Crippen molar-refractivity contribution in [3.05, 3.63) is 29.8 Å². The van der Waals surface area contributed by atoms with Crippen LogP contribution in [0.4, 0.5) is 4.39 Å². The highest BCUT2D eigenvalue weighted by atomic mass is 35.5. The number of piperidine rings is 1. The van der Waals surface area contributed by atoms with Crippen molar-refractivity contribution in [3.63, 3.8) is 0 Å². The van der Waals surface area contributed by atoms with Crippen LogP contribution in [0.2, 0.25) is 0 Å². The van der Waals surface area contributed by atoms with E-state index in [-0.39, 0.29) is 5.82 Å². The molecule has 0 unspecified atom stereocenters. The van der Waals surface area contributed by atoms with Gasteiger partial charge in [-0.3, -0.25) is 0 Å². The van der Waals surface area contributed by atoms with Gasteiger partial charge < -0.3 is 9.47 Å². The van der Waals surface area contributed by atoms with Crippen LogP contribution < -0.4 is 0 Å². The van der Waals surface area contributed by atoms with Crippen LogP contribution >= 0.6 is 11.6 Å². The molecule has 0 spiro atoms. The fourth-order valence-corrected chi connectivity index (χ4v) is 3.14. The van der Waals surface area contributed by atoms with Crippen molar-refractivity contribution >= 4 is 22.6 Å². The molecule has 2 heterocycles. The van der Waals surface area contributed by atoms with E-state index in [4.69, 9.17) is 11.6 Å². The van der Waals surface area contributed by atoms with Crippen LogP contribution in [0.3, 0.4) is 0 Å². The summed E-state index contributed by atoms with van der Waals surface area (Å²) in [5.74, 6) is 0.795. The number of para-hydroxylation sites is 1.